The second kappa shape index (κ2) is 9.08. The number of aromatic nitrogens is 5. The fourth-order valence-corrected chi connectivity index (χ4v) is 3.84. The van der Waals surface area contributed by atoms with Crippen LogP contribution in [0.2, 0.25) is 0 Å². The van der Waals surface area contributed by atoms with Crippen LogP contribution in [0.3, 0.4) is 0 Å². The lowest BCUT2D eigenvalue weighted by atomic mass is 10.2. The summed E-state index contributed by atoms with van der Waals surface area (Å²) in [5.41, 5.74) is 2.44. The Labute approximate surface area is 194 Å². The number of nitrogens with one attached hydrogen (secondary N) is 2. The van der Waals surface area contributed by atoms with E-state index in [1.54, 1.807) is 29.1 Å². The van der Waals surface area contributed by atoms with E-state index in [-0.39, 0.29) is 24.7 Å². The molecule has 1 aliphatic heterocycles. The third kappa shape index (κ3) is 4.40. The summed E-state index contributed by atoms with van der Waals surface area (Å²) in [7, 11) is 1.82. The predicted octanol–water partition coefficient (Wildman–Crippen LogP) is 1.25. The third-order valence-corrected chi connectivity index (χ3v) is 5.45. The number of carbonyl (C=O) groups is 1. The van der Waals surface area contributed by atoms with E-state index in [2.05, 4.69) is 30.7 Å². The first-order valence-corrected chi connectivity index (χ1v) is 10.9. The Bertz CT molecular complexity index is 1330. The van der Waals surface area contributed by atoms with Crippen molar-refractivity contribution in [1.82, 2.24) is 24.7 Å². The number of fused-ring (bicyclic) bond motifs is 1. The number of hydrogen-bond acceptors (Lipinski definition) is 10. The van der Waals surface area contributed by atoms with Gasteiger partial charge in [0, 0.05) is 44.5 Å². The van der Waals surface area contributed by atoms with E-state index in [1.165, 1.54) is 0 Å². The highest BCUT2D eigenvalue weighted by Crippen LogP contribution is 2.29. The van der Waals surface area contributed by atoms with Gasteiger partial charge in [-0.2, -0.15) is 10.1 Å². The predicted molar refractivity (Wildman–Crippen MR) is 125 cm³/mol. The van der Waals surface area contributed by atoms with E-state index in [4.69, 9.17) is 9.52 Å². The Morgan fingerprint density at radius 3 is 2.91 bits per heavy atom. The number of pyridine rings is 2. The number of anilines is 3. The lowest BCUT2D eigenvalue weighted by Gasteiger charge is -2.19. The summed E-state index contributed by atoms with van der Waals surface area (Å²) in [6, 6.07) is 7.13. The zero-order chi connectivity index (χ0) is 23.7. The summed E-state index contributed by atoms with van der Waals surface area (Å²) < 4.78 is 7.34. The standard InChI is InChI=1S/C22H24N8O4/c1-29-11-13(10-24-29)16-3-2-4-18(25-16)26-21(33)15-9-17-19(28-22(34-17)23-6-8-31)27-20(15)30-7-5-14(32)12-30/h2-4,9-11,14,31-32H,5-8,12H2,1H3,(H,23,27,28)(H,25,26,33)/t14-/m0/s1. The summed E-state index contributed by atoms with van der Waals surface area (Å²) in [4.78, 5) is 28.6. The van der Waals surface area contributed by atoms with Crippen LogP contribution >= 0.6 is 0 Å². The van der Waals surface area contributed by atoms with E-state index in [0.29, 0.717) is 48.1 Å². The molecule has 12 heteroatoms. The minimum absolute atomic E-state index is 0.0815. The van der Waals surface area contributed by atoms with Crippen molar-refractivity contribution in [3.8, 4) is 11.3 Å². The van der Waals surface area contributed by atoms with Crippen LogP contribution in [0, 0.1) is 0 Å². The molecule has 34 heavy (non-hydrogen) atoms. The van der Waals surface area contributed by atoms with E-state index in [0.717, 1.165) is 5.56 Å². The number of oxazole rings is 1. The van der Waals surface area contributed by atoms with Crippen LogP contribution < -0.4 is 15.5 Å². The van der Waals surface area contributed by atoms with E-state index < -0.39 is 12.0 Å². The number of amides is 1. The Balaban J connectivity index is 1.48. The van der Waals surface area contributed by atoms with Gasteiger partial charge in [0.2, 0.25) is 5.65 Å². The third-order valence-electron chi connectivity index (χ3n) is 5.45. The highest BCUT2D eigenvalue weighted by Gasteiger charge is 2.27. The molecule has 0 radical (unpaired) electrons. The van der Waals surface area contributed by atoms with Gasteiger partial charge >= 0.3 is 0 Å². The lowest BCUT2D eigenvalue weighted by molar-refractivity contribution is 0.102. The number of aryl methyl sites for hydroxylation is 1. The summed E-state index contributed by atoms with van der Waals surface area (Å²) >= 11 is 0. The average Bonchev–Trinajstić information content (AvgIpc) is 3.56. The molecule has 0 saturated carbocycles. The maximum absolute atomic E-state index is 13.3. The number of carbonyl (C=O) groups excluding carboxylic acids is 1. The van der Waals surface area contributed by atoms with Gasteiger partial charge in [-0.25, -0.2) is 9.97 Å². The lowest BCUT2D eigenvalue weighted by Crippen LogP contribution is -2.26. The van der Waals surface area contributed by atoms with Gasteiger partial charge in [-0.15, -0.1) is 0 Å². The minimum Gasteiger partial charge on any atom is -0.422 e. The van der Waals surface area contributed by atoms with Crippen LogP contribution in [0.15, 0.2) is 41.1 Å². The van der Waals surface area contributed by atoms with Crippen LogP contribution in [0.5, 0.6) is 0 Å². The van der Waals surface area contributed by atoms with Crippen molar-refractivity contribution in [3.05, 3.63) is 42.2 Å². The summed E-state index contributed by atoms with van der Waals surface area (Å²) in [5, 5.41) is 28.9. The fraction of sp³-hybridized carbons (Fsp3) is 0.318. The second-order valence-corrected chi connectivity index (χ2v) is 8.00. The van der Waals surface area contributed by atoms with Gasteiger partial charge in [0.05, 0.1) is 30.2 Å². The van der Waals surface area contributed by atoms with Gasteiger partial charge in [0.25, 0.3) is 11.9 Å². The number of hydrogen-bond donors (Lipinski definition) is 4. The second-order valence-electron chi connectivity index (χ2n) is 8.00. The molecule has 4 N–H and O–H groups in total. The first-order chi connectivity index (χ1) is 16.5. The van der Waals surface area contributed by atoms with Gasteiger partial charge in [0.15, 0.2) is 5.58 Å². The zero-order valence-electron chi connectivity index (χ0n) is 18.5. The smallest absolute Gasteiger partial charge is 0.297 e. The van der Waals surface area contributed by atoms with Crippen LogP contribution in [0.4, 0.5) is 17.7 Å². The first-order valence-electron chi connectivity index (χ1n) is 10.9. The first kappa shape index (κ1) is 21.8. The topological polar surface area (TPSA) is 154 Å². The summed E-state index contributed by atoms with van der Waals surface area (Å²) in [5.74, 6) is 0.372. The van der Waals surface area contributed by atoms with E-state index in [1.807, 2.05) is 24.2 Å². The van der Waals surface area contributed by atoms with Crippen LogP contribution in [-0.2, 0) is 7.05 Å². The Hall–Kier alpha value is -4.03. The molecule has 0 spiro atoms. The van der Waals surface area contributed by atoms with Crippen molar-refractivity contribution >= 4 is 34.8 Å². The molecule has 0 aromatic carbocycles. The highest BCUT2D eigenvalue weighted by molar-refractivity contribution is 6.08. The van der Waals surface area contributed by atoms with Gasteiger partial charge < -0.3 is 30.2 Å². The Morgan fingerprint density at radius 1 is 1.29 bits per heavy atom. The molecular weight excluding hydrogens is 440 g/mol. The average molecular weight is 464 g/mol. The number of β-amino-alcohol motifs (C(OH)–C–C–N with tert-alkyl or cyclic N) is 1. The molecule has 1 amide bonds. The molecule has 0 unspecified atom stereocenters. The van der Waals surface area contributed by atoms with E-state index in [9.17, 15) is 9.90 Å². The molecule has 1 aliphatic rings. The Morgan fingerprint density at radius 2 is 2.18 bits per heavy atom. The van der Waals surface area contributed by atoms with Crippen LogP contribution in [0.1, 0.15) is 16.8 Å². The molecule has 4 aromatic heterocycles. The van der Waals surface area contributed by atoms with Crippen molar-refractivity contribution < 1.29 is 19.4 Å². The SMILES string of the molecule is Cn1cc(-c2cccc(NC(=O)c3cc4oc(NCCO)nc4nc3N3CC[C@H](O)C3)n2)cn1. The molecule has 176 valence electrons. The van der Waals surface area contributed by atoms with Crippen LogP contribution in [-0.4, -0.2) is 73.2 Å². The molecule has 12 nitrogen and oxygen atoms in total. The largest absolute Gasteiger partial charge is 0.422 e. The number of nitrogens with zero attached hydrogens (tertiary/aromatic N) is 6. The van der Waals surface area contributed by atoms with Gasteiger partial charge in [-0.3, -0.25) is 9.48 Å². The fourth-order valence-electron chi connectivity index (χ4n) is 3.84. The van der Waals surface area contributed by atoms with Gasteiger partial charge in [-0.1, -0.05) is 6.07 Å². The molecule has 0 aliphatic carbocycles. The summed E-state index contributed by atoms with van der Waals surface area (Å²) in [6.45, 7) is 1.11. The normalized spacial score (nSPS) is 15.7. The maximum atomic E-state index is 13.3. The Kier molecular flexibility index (Phi) is 5.82. The molecule has 1 atom stereocenters. The monoisotopic (exact) mass is 464 g/mol. The number of aliphatic hydroxyl groups excluding tert-OH is 2. The molecule has 4 aromatic rings. The van der Waals surface area contributed by atoms with Crippen LogP contribution in [0.25, 0.3) is 22.5 Å². The van der Waals surface area contributed by atoms with Gasteiger partial charge in [0.1, 0.15) is 11.6 Å². The molecule has 5 rings (SSSR count). The van der Waals surface area contributed by atoms with E-state index >= 15 is 0 Å². The van der Waals surface area contributed by atoms with Crippen molar-refractivity contribution in [2.75, 3.05) is 41.8 Å². The zero-order valence-corrected chi connectivity index (χ0v) is 18.5. The molecule has 5 heterocycles. The van der Waals surface area contributed by atoms with Crippen molar-refractivity contribution in [2.45, 2.75) is 12.5 Å². The van der Waals surface area contributed by atoms with Crippen molar-refractivity contribution in [2.24, 2.45) is 7.05 Å². The van der Waals surface area contributed by atoms with Crippen molar-refractivity contribution in [3.63, 3.8) is 0 Å². The molecule has 1 saturated heterocycles. The molecule has 0 bridgehead atoms. The molecular formula is C22H24N8O4. The van der Waals surface area contributed by atoms with Gasteiger partial charge in [-0.05, 0) is 18.6 Å². The quantitative estimate of drug-likeness (QED) is 0.314. The summed E-state index contributed by atoms with van der Waals surface area (Å²) in [6.07, 6.45) is 3.63. The maximum Gasteiger partial charge on any atom is 0.297 e. The number of rotatable bonds is 7. The molecule has 1 fully saturated rings. The number of aliphatic hydroxyl groups is 2. The van der Waals surface area contributed by atoms with Crippen molar-refractivity contribution in [1.29, 1.82) is 0 Å². The highest BCUT2D eigenvalue weighted by atomic mass is 16.4. The minimum atomic E-state index is -0.495.